The van der Waals surface area contributed by atoms with Crippen molar-refractivity contribution in [1.29, 1.82) is 0 Å². The van der Waals surface area contributed by atoms with Crippen LogP contribution < -0.4 is 10.2 Å². The van der Waals surface area contributed by atoms with Crippen LogP contribution in [0.25, 0.3) is 21.8 Å². The lowest BCUT2D eigenvalue weighted by atomic mass is 10.1. The van der Waals surface area contributed by atoms with Crippen molar-refractivity contribution >= 4 is 68.2 Å². The van der Waals surface area contributed by atoms with Crippen molar-refractivity contribution in [2.24, 2.45) is 0 Å². The van der Waals surface area contributed by atoms with E-state index in [1.807, 2.05) is 12.1 Å². The second kappa shape index (κ2) is 6.93. The molecule has 2 aromatic heterocycles. The van der Waals surface area contributed by atoms with Gasteiger partial charge >= 0.3 is 0 Å². The Bertz CT molecular complexity index is 1180. The number of anilines is 1. The van der Waals surface area contributed by atoms with Crippen molar-refractivity contribution in [2.75, 3.05) is 12.4 Å². The normalized spacial score (nSPS) is 11.1. The molecule has 27 heavy (non-hydrogen) atoms. The summed E-state index contributed by atoms with van der Waals surface area (Å²) in [5.41, 5.74) is 2.30. The Balaban J connectivity index is 1.93. The van der Waals surface area contributed by atoms with Crippen LogP contribution >= 0.6 is 34.8 Å². The van der Waals surface area contributed by atoms with Crippen LogP contribution in [0.2, 0.25) is 15.1 Å². The van der Waals surface area contributed by atoms with Gasteiger partial charge in [-0.25, -0.2) is 0 Å². The van der Waals surface area contributed by atoms with E-state index >= 15 is 0 Å². The van der Waals surface area contributed by atoms with Crippen molar-refractivity contribution in [1.82, 2.24) is 9.71 Å². The highest BCUT2D eigenvalue weighted by Crippen LogP contribution is 2.34. The minimum atomic E-state index is -0.356. The second-order valence-electron chi connectivity index (χ2n) is 5.77. The number of halogens is 3. The average Bonchev–Trinajstić information content (AvgIpc) is 2.97. The van der Waals surface area contributed by atoms with E-state index in [-0.39, 0.29) is 16.0 Å². The van der Waals surface area contributed by atoms with Gasteiger partial charge in [0.25, 0.3) is 5.91 Å². The van der Waals surface area contributed by atoms with E-state index in [0.717, 1.165) is 21.8 Å². The first kappa shape index (κ1) is 17.9. The van der Waals surface area contributed by atoms with Crippen molar-refractivity contribution in [3.63, 3.8) is 0 Å². The molecule has 0 saturated heterocycles. The molecule has 5 nitrogen and oxygen atoms in total. The largest absolute Gasteiger partial charge is 0.416 e. The summed E-state index contributed by atoms with van der Waals surface area (Å²) in [5, 5.41) is 5.36. The van der Waals surface area contributed by atoms with E-state index in [1.165, 1.54) is 12.4 Å². The van der Waals surface area contributed by atoms with E-state index in [1.54, 1.807) is 36.1 Å². The quantitative estimate of drug-likeness (QED) is 0.479. The third kappa shape index (κ3) is 2.98. The summed E-state index contributed by atoms with van der Waals surface area (Å²) in [7, 11) is 1.57. The topological polar surface area (TPSA) is 56.1 Å². The van der Waals surface area contributed by atoms with Gasteiger partial charge in [0, 0.05) is 33.8 Å². The van der Waals surface area contributed by atoms with Crippen LogP contribution in [0.15, 0.2) is 48.8 Å². The first-order valence-corrected chi connectivity index (χ1v) is 9.02. The van der Waals surface area contributed by atoms with Gasteiger partial charge in [-0.15, -0.1) is 0 Å². The van der Waals surface area contributed by atoms with E-state index in [4.69, 9.17) is 39.6 Å². The molecule has 2 aromatic carbocycles. The molecule has 1 N–H and O–H groups in total. The number of carbonyl (C=O) groups is 1. The number of fused-ring (bicyclic) bond motifs is 3. The maximum absolute atomic E-state index is 13.0. The number of nitrogens with one attached hydrogen (secondary N) is 1. The summed E-state index contributed by atoms with van der Waals surface area (Å²) in [6.07, 6.45) is 2.83. The minimum absolute atomic E-state index is 0.255. The Morgan fingerprint density at radius 1 is 1.07 bits per heavy atom. The van der Waals surface area contributed by atoms with E-state index in [0.29, 0.717) is 16.3 Å². The van der Waals surface area contributed by atoms with Gasteiger partial charge in [-0.05, 0) is 30.3 Å². The van der Waals surface area contributed by atoms with E-state index < -0.39 is 0 Å². The first-order valence-electron chi connectivity index (χ1n) is 7.88. The van der Waals surface area contributed by atoms with Crippen LogP contribution in [-0.2, 0) is 0 Å². The summed E-state index contributed by atoms with van der Waals surface area (Å²) in [6, 6.07) is 10.8. The molecule has 0 fully saturated rings. The Kier molecular flexibility index (Phi) is 4.60. The number of hydrogen-bond acceptors (Lipinski definition) is 3. The third-order valence-corrected chi connectivity index (χ3v) is 5.04. The predicted octanol–water partition coefficient (Wildman–Crippen LogP) is 5.46. The number of hydrogen-bond donors (Lipinski definition) is 1. The average molecular weight is 421 g/mol. The van der Waals surface area contributed by atoms with E-state index in [9.17, 15) is 4.79 Å². The van der Waals surface area contributed by atoms with Crippen LogP contribution in [0.3, 0.4) is 0 Å². The third-order valence-electron chi connectivity index (χ3n) is 4.23. The Morgan fingerprint density at radius 3 is 2.52 bits per heavy atom. The molecule has 4 aromatic rings. The van der Waals surface area contributed by atoms with E-state index in [2.05, 4.69) is 10.3 Å². The molecule has 0 unspecified atom stereocenters. The molecular weight excluding hydrogens is 409 g/mol. The zero-order chi connectivity index (χ0) is 19.1. The summed E-state index contributed by atoms with van der Waals surface area (Å²) in [5.74, 6) is -0.356. The molecule has 0 aliphatic carbocycles. The summed E-state index contributed by atoms with van der Waals surface area (Å²) >= 11 is 18.4. The molecule has 0 atom stereocenters. The number of nitrogens with zero attached hydrogens (tertiary/aromatic N) is 2. The fourth-order valence-corrected chi connectivity index (χ4v) is 3.74. The molecule has 0 aliphatic heterocycles. The summed E-state index contributed by atoms with van der Waals surface area (Å²) in [4.78, 5) is 22.4. The molecule has 0 spiro atoms. The minimum Gasteiger partial charge on any atom is -0.416 e. The Hall–Kier alpha value is -2.47. The van der Waals surface area contributed by atoms with Gasteiger partial charge in [-0.2, -0.15) is 4.73 Å². The van der Waals surface area contributed by atoms with Crippen molar-refractivity contribution in [2.45, 2.75) is 0 Å². The zero-order valence-electron chi connectivity index (χ0n) is 14.0. The standard InChI is InChI=1S/C19H12Cl3N3O2/c1-27-25-15-6-5-10(20)7-12(15)17-11(3-2-4-16(17)25)19(26)24-18-13(21)8-23-9-14(18)22/h2-9H,1H3,(H,23,24,26). The van der Waals surface area contributed by atoms with Gasteiger partial charge in [-0.3, -0.25) is 9.78 Å². The Labute approximate surface area is 169 Å². The van der Waals surface area contributed by atoms with Gasteiger partial charge in [-0.1, -0.05) is 40.9 Å². The van der Waals surface area contributed by atoms with Gasteiger partial charge in [0.15, 0.2) is 0 Å². The van der Waals surface area contributed by atoms with Crippen LogP contribution in [-0.4, -0.2) is 22.7 Å². The lowest BCUT2D eigenvalue weighted by Crippen LogP contribution is -2.13. The maximum atomic E-state index is 13.0. The fraction of sp³-hybridized carbons (Fsp3) is 0.0526. The predicted molar refractivity (Wildman–Crippen MR) is 109 cm³/mol. The van der Waals surface area contributed by atoms with Crippen LogP contribution in [0, 0.1) is 0 Å². The highest BCUT2D eigenvalue weighted by Gasteiger charge is 2.20. The van der Waals surface area contributed by atoms with Gasteiger partial charge in [0.2, 0.25) is 0 Å². The van der Waals surface area contributed by atoms with Gasteiger partial charge < -0.3 is 10.2 Å². The lowest BCUT2D eigenvalue weighted by molar-refractivity contribution is 0.102. The molecular formula is C19H12Cl3N3O2. The van der Waals surface area contributed by atoms with Crippen molar-refractivity contribution < 1.29 is 9.63 Å². The molecule has 136 valence electrons. The van der Waals surface area contributed by atoms with Gasteiger partial charge in [0.1, 0.15) is 7.11 Å². The van der Waals surface area contributed by atoms with Crippen LogP contribution in [0.5, 0.6) is 0 Å². The number of pyridine rings is 1. The molecule has 2 heterocycles. The molecule has 8 heteroatoms. The number of aromatic nitrogens is 2. The highest BCUT2D eigenvalue weighted by atomic mass is 35.5. The zero-order valence-corrected chi connectivity index (χ0v) is 16.2. The maximum Gasteiger partial charge on any atom is 0.256 e. The fourth-order valence-electron chi connectivity index (χ4n) is 3.11. The van der Waals surface area contributed by atoms with Gasteiger partial charge in [0.05, 0.1) is 26.8 Å². The molecule has 0 radical (unpaired) electrons. The smallest absolute Gasteiger partial charge is 0.256 e. The van der Waals surface area contributed by atoms with Crippen molar-refractivity contribution in [3.05, 3.63) is 69.4 Å². The molecule has 0 bridgehead atoms. The Morgan fingerprint density at radius 2 is 1.81 bits per heavy atom. The lowest BCUT2D eigenvalue weighted by Gasteiger charge is -2.10. The first-order chi connectivity index (χ1) is 13.0. The van der Waals surface area contributed by atoms with Crippen LogP contribution in [0.4, 0.5) is 5.69 Å². The monoisotopic (exact) mass is 419 g/mol. The molecule has 4 rings (SSSR count). The SMILES string of the molecule is COn1c2ccc(Cl)cc2c2c(C(=O)Nc3c(Cl)cncc3Cl)cccc21. The number of amides is 1. The van der Waals surface area contributed by atoms with Crippen molar-refractivity contribution in [3.8, 4) is 0 Å². The highest BCUT2D eigenvalue weighted by molar-refractivity contribution is 6.40. The summed E-state index contributed by atoms with van der Waals surface area (Å²) in [6.45, 7) is 0. The molecule has 1 amide bonds. The number of rotatable bonds is 3. The molecule has 0 aliphatic rings. The second-order valence-corrected chi connectivity index (χ2v) is 7.02. The number of benzene rings is 2. The van der Waals surface area contributed by atoms with Crippen LogP contribution in [0.1, 0.15) is 10.4 Å². The molecule has 0 saturated carbocycles. The number of carbonyl (C=O) groups excluding carboxylic acids is 1. The summed E-state index contributed by atoms with van der Waals surface area (Å²) < 4.78 is 1.66.